The van der Waals surface area contributed by atoms with E-state index in [1.54, 1.807) is 0 Å². The van der Waals surface area contributed by atoms with Gasteiger partial charge in [0.15, 0.2) is 0 Å². The molecule has 2 aromatic rings. The van der Waals surface area contributed by atoms with E-state index < -0.39 is 18.0 Å². The van der Waals surface area contributed by atoms with Crippen LogP contribution in [0.1, 0.15) is 159 Å². The number of ether oxygens (including phenoxy) is 2. The first-order valence-corrected chi connectivity index (χ1v) is 20.5. The number of carboxylic acids is 1. The van der Waals surface area contributed by atoms with Crippen molar-refractivity contribution in [3.8, 4) is 0 Å². The first-order valence-electron chi connectivity index (χ1n) is 20.5. The van der Waals surface area contributed by atoms with E-state index in [9.17, 15) is 24.0 Å². The lowest BCUT2D eigenvalue weighted by atomic mass is 10.0. The molecule has 2 rings (SSSR count). The number of hydrogen-bond acceptors (Lipinski definition) is 7. The van der Waals surface area contributed by atoms with Crippen LogP contribution in [0.15, 0.2) is 60.7 Å². The summed E-state index contributed by atoms with van der Waals surface area (Å²) in [5.74, 6) is -2.06. The van der Waals surface area contributed by atoms with Crippen LogP contribution in [0.5, 0.6) is 0 Å². The normalized spacial score (nSPS) is 11.4. The van der Waals surface area contributed by atoms with Gasteiger partial charge in [-0.1, -0.05) is 151 Å². The maximum atomic E-state index is 12.9. The average molecular weight is 751 g/mol. The van der Waals surface area contributed by atoms with Crippen LogP contribution in [0, 0.1) is 0 Å². The molecule has 1 atom stereocenters. The fourth-order valence-electron chi connectivity index (χ4n) is 6.19. The molecule has 0 aliphatic rings. The molecule has 2 amide bonds. The first kappa shape index (κ1) is 45.9. The molecule has 0 radical (unpaired) electrons. The second-order valence-corrected chi connectivity index (χ2v) is 14.3. The lowest BCUT2D eigenvalue weighted by molar-refractivity contribution is -0.149. The maximum Gasteiger partial charge on any atom is 0.328 e. The molecular weight excluding hydrogens is 684 g/mol. The van der Waals surface area contributed by atoms with E-state index >= 15 is 0 Å². The van der Waals surface area contributed by atoms with E-state index in [0.717, 1.165) is 43.2 Å². The summed E-state index contributed by atoms with van der Waals surface area (Å²) >= 11 is 0. The molecule has 3 N–H and O–H groups in total. The lowest BCUT2D eigenvalue weighted by Gasteiger charge is -2.18. The zero-order valence-corrected chi connectivity index (χ0v) is 32.5. The summed E-state index contributed by atoms with van der Waals surface area (Å²) in [6, 6.07) is 18.4. The second-order valence-electron chi connectivity index (χ2n) is 14.3. The number of aliphatic carboxylic acids is 1. The first-order chi connectivity index (χ1) is 26.3. The Hall–Kier alpha value is -4.21. The van der Waals surface area contributed by atoms with Gasteiger partial charge in [-0.3, -0.25) is 19.2 Å². The standard InChI is InChI=1S/C44H66N2O8/c47-40(32-33-42(49)50)45-34-24-23-29-39(44(52)54-36-38-27-19-16-20-28-38)46-41(48)30-21-13-11-9-7-5-3-1-2-4-6-8-10-12-14-22-31-43(51)53-35-37-25-17-15-18-26-37/h15-20,25-28,39H,1-14,21-24,29-36H2,(H,45,47)(H,46,48)(H,49,50). The van der Waals surface area contributed by atoms with Crippen molar-refractivity contribution in [2.45, 2.75) is 167 Å². The molecule has 0 fully saturated rings. The second kappa shape index (κ2) is 31.2. The highest BCUT2D eigenvalue weighted by Gasteiger charge is 2.22. The number of unbranched alkanes of at least 4 members (excludes halogenated alkanes) is 16. The Morgan fingerprint density at radius 3 is 1.46 bits per heavy atom. The van der Waals surface area contributed by atoms with Crippen LogP contribution in [0.2, 0.25) is 0 Å². The van der Waals surface area contributed by atoms with Crippen molar-refractivity contribution in [3.63, 3.8) is 0 Å². The van der Waals surface area contributed by atoms with E-state index in [1.165, 1.54) is 70.6 Å². The molecule has 0 aliphatic heterocycles. The van der Waals surface area contributed by atoms with Crippen LogP contribution >= 0.6 is 0 Å². The highest BCUT2D eigenvalue weighted by Crippen LogP contribution is 2.15. The largest absolute Gasteiger partial charge is 0.481 e. The van der Waals surface area contributed by atoms with Gasteiger partial charge in [-0.25, -0.2) is 4.79 Å². The summed E-state index contributed by atoms with van der Waals surface area (Å²) in [6.07, 6.45) is 20.8. The minimum atomic E-state index is -1.01. The Bertz CT molecular complexity index is 1300. The smallest absolute Gasteiger partial charge is 0.328 e. The zero-order valence-electron chi connectivity index (χ0n) is 32.5. The number of carbonyl (C=O) groups is 5. The lowest BCUT2D eigenvalue weighted by Crippen LogP contribution is -2.41. The Balaban J connectivity index is 1.44. The third-order valence-electron chi connectivity index (χ3n) is 9.43. The molecule has 0 saturated carbocycles. The summed E-state index contributed by atoms with van der Waals surface area (Å²) in [5.41, 5.74) is 1.89. The van der Waals surface area contributed by atoms with Crippen LogP contribution in [0.3, 0.4) is 0 Å². The summed E-state index contributed by atoms with van der Waals surface area (Å²) in [7, 11) is 0. The van der Waals surface area contributed by atoms with Crippen molar-refractivity contribution in [3.05, 3.63) is 71.8 Å². The quantitative estimate of drug-likeness (QED) is 0.0483. The van der Waals surface area contributed by atoms with Crippen molar-refractivity contribution in [1.29, 1.82) is 0 Å². The van der Waals surface area contributed by atoms with Gasteiger partial charge in [-0.2, -0.15) is 0 Å². The molecule has 0 aliphatic carbocycles. The third-order valence-corrected chi connectivity index (χ3v) is 9.43. The molecule has 10 nitrogen and oxygen atoms in total. The minimum Gasteiger partial charge on any atom is -0.481 e. The highest BCUT2D eigenvalue weighted by atomic mass is 16.5. The highest BCUT2D eigenvalue weighted by molar-refractivity contribution is 5.84. The Kier molecular flexibility index (Phi) is 26.5. The predicted octanol–water partition coefficient (Wildman–Crippen LogP) is 9.13. The summed E-state index contributed by atoms with van der Waals surface area (Å²) < 4.78 is 10.9. The van der Waals surface area contributed by atoms with Crippen molar-refractivity contribution in [1.82, 2.24) is 10.6 Å². The molecule has 2 aromatic carbocycles. The van der Waals surface area contributed by atoms with Crippen molar-refractivity contribution >= 4 is 29.7 Å². The molecule has 54 heavy (non-hydrogen) atoms. The number of carbonyl (C=O) groups excluding carboxylic acids is 4. The van der Waals surface area contributed by atoms with Gasteiger partial charge in [0.25, 0.3) is 0 Å². The fraction of sp³-hybridized carbons (Fsp3) is 0.614. The van der Waals surface area contributed by atoms with E-state index in [0.29, 0.717) is 45.3 Å². The molecule has 300 valence electrons. The molecule has 0 heterocycles. The van der Waals surface area contributed by atoms with Gasteiger partial charge in [0.2, 0.25) is 11.8 Å². The predicted molar refractivity (Wildman–Crippen MR) is 211 cm³/mol. The summed E-state index contributed by atoms with van der Waals surface area (Å²) in [5, 5.41) is 14.3. The minimum absolute atomic E-state index is 0.0666. The van der Waals surface area contributed by atoms with Gasteiger partial charge in [-0.15, -0.1) is 0 Å². The van der Waals surface area contributed by atoms with Gasteiger partial charge >= 0.3 is 17.9 Å². The maximum absolute atomic E-state index is 12.9. The van der Waals surface area contributed by atoms with E-state index in [-0.39, 0.29) is 37.2 Å². The SMILES string of the molecule is O=C(O)CCC(=O)NCCCCC(NC(=O)CCCCCCCCCCCCCCCCCCC(=O)OCc1ccccc1)C(=O)OCc1ccccc1. The molecular formula is C44H66N2O8. The van der Waals surface area contributed by atoms with E-state index in [2.05, 4.69) is 10.6 Å². The number of nitrogens with one attached hydrogen (secondary N) is 2. The van der Waals surface area contributed by atoms with Crippen LogP contribution in [-0.2, 0) is 46.7 Å². The molecule has 1 unspecified atom stereocenters. The number of hydrogen-bond donors (Lipinski definition) is 3. The topological polar surface area (TPSA) is 148 Å². The molecule has 0 aromatic heterocycles. The van der Waals surface area contributed by atoms with Crippen LogP contribution in [0.4, 0.5) is 0 Å². The van der Waals surface area contributed by atoms with Crippen LogP contribution < -0.4 is 10.6 Å². The Labute approximate surface area is 323 Å². The fourth-order valence-corrected chi connectivity index (χ4v) is 6.19. The van der Waals surface area contributed by atoms with Crippen LogP contribution in [0.25, 0.3) is 0 Å². The monoisotopic (exact) mass is 750 g/mol. The summed E-state index contributed by atoms with van der Waals surface area (Å²) in [4.78, 5) is 59.9. The number of amides is 2. The average Bonchev–Trinajstić information content (AvgIpc) is 3.18. The number of benzene rings is 2. The van der Waals surface area contributed by atoms with Gasteiger partial charge in [0.1, 0.15) is 19.3 Å². The van der Waals surface area contributed by atoms with Gasteiger partial charge in [0, 0.05) is 25.8 Å². The van der Waals surface area contributed by atoms with Crippen molar-refractivity contribution in [2.24, 2.45) is 0 Å². The van der Waals surface area contributed by atoms with Gasteiger partial charge in [-0.05, 0) is 43.2 Å². The van der Waals surface area contributed by atoms with Crippen molar-refractivity contribution < 1.29 is 38.6 Å². The molecule has 10 heteroatoms. The van der Waals surface area contributed by atoms with Gasteiger partial charge < -0.3 is 25.2 Å². The van der Waals surface area contributed by atoms with Gasteiger partial charge in [0.05, 0.1) is 6.42 Å². The Morgan fingerprint density at radius 2 is 0.963 bits per heavy atom. The zero-order chi connectivity index (χ0) is 38.9. The van der Waals surface area contributed by atoms with E-state index in [1.807, 2.05) is 60.7 Å². The van der Waals surface area contributed by atoms with E-state index in [4.69, 9.17) is 14.6 Å². The molecule has 0 bridgehead atoms. The molecule has 0 spiro atoms. The van der Waals surface area contributed by atoms with Crippen LogP contribution in [-0.4, -0.2) is 47.4 Å². The third kappa shape index (κ3) is 25.7. The number of esters is 2. The number of rotatable bonds is 33. The number of carboxylic acid groups (broad SMARTS) is 1. The molecule has 0 saturated heterocycles. The summed E-state index contributed by atoms with van der Waals surface area (Å²) in [6.45, 7) is 0.864. The Morgan fingerprint density at radius 1 is 0.500 bits per heavy atom. The van der Waals surface area contributed by atoms with Crippen molar-refractivity contribution in [2.75, 3.05) is 6.54 Å².